The molecular weight excluding hydrogens is 446 g/mol. The second-order valence-corrected chi connectivity index (χ2v) is 7.44. The molecule has 0 bridgehead atoms. The lowest BCUT2D eigenvalue weighted by molar-refractivity contribution is -0.145. The summed E-state index contributed by atoms with van der Waals surface area (Å²) in [5.41, 5.74) is 0.765. The van der Waals surface area contributed by atoms with Crippen LogP contribution in [0.4, 0.5) is 4.79 Å². The molecule has 1 atom stereocenters. The van der Waals surface area contributed by atoms with Gasteiger partial charge in [-0.3, -0.25) is 19.3 Å². The van der Waals surface area contributed by atoms with Gasteiger partial charge in [0.15, 0.2) is 11.9 Å². The molecule has 0 aliphatic carbocycles. The van der Waals surface area contributed by atoms with Crippen molar-refractivity contribution >= 4 is 23.8 Å². The number of ketones is 1. The minimum absolute atomic E-state index is 0.0776. The maximum absolute atomic E-state index is 12.8. The Morgan fingerprint density at radius 3 is 2.53 bits per heavy atom. The number of Topliss-reactive ketones (excluding diaryl/α,β-unsaturated/α-hetero) is 1. The first-order valence-corrected chi connectivity index (χ1v) is 10.4. The average Bonchev–Trinajstić information content (AvgIpc) is 3.17. The fraction of sp³-hybridized carbons (Fsp3) is 0.333. The summed E-state index contributed by atoms with van der Waals surface area (Å²) in [5, 5.41) is 0. The minimum atomic E-state index is -0.722. The third-order valence-electron chi connectivity index (χ3n) is 4.98. The highest BCUT2D eigenvalue weighted by molar-refractivity contribution is 6.01. The Morgan fingerprint density at radius 1 is 1.06 bits per heavy atom. The van der Waals surface area contributed by atoms with E-state index >= 15 is 0 Å². The lowest BCUT2D eigenvalue weighted by Gasteiger charge is -2.14. The second-order valence-electron chi connectivity index (χ2n) is 7.44. The van der Waals surface area contributed by atoms with Crippen LogP contribution in [0.15, 0.2) is 42.5 Å². The van der Waals surface area contributed by atoms with Gasteiger partial charge in [0.1, 0.15) is 23.9 Å². The Labute approximate surface area is 196 Å². The van der Waals surface area contributed by atoms with Gasteiger partial charge in [0.25, 0.3) is 0 Å². The van der Waals surface area contributed by atoms with Crippen molar-refractivity contribution in [2.24, 2.45) is 0 Å². The summed E-state index contributed by atoms with van der Waals surface area (Å²) in [4.78, 5) is 49.7. The third kappa shape index (κ3) is 6.25. The Morgan fingerprint density at radius 2 is 1.82 bits per heavy atom. The van der Waals surface area contributed by atoms with Crippen molar-refractivity contribution in [3.63, 3.8) is 0 Å². The first-order chi connectivity index (χ1) is 16.3. The second kappa shape index (κ2) is 11.2. The number of benzene rings is 2. The third-order valence-corrected chi connectivity index (χ3v) is 4.98. The van der Waals surface area contributed by atoms with Gasteiger partial charge >= 0.3 is 18.0 Å². The Bertz CT molecular complexity index is 1080. The van der Waals surface area contributed by atoms with Gasteiger partial charge < -0.3 is 23.7 Å². The zero-order valence-electron chi connectivity index (χ0n) is 19.1. The molecule has 0 saturated carbocycles. The van der Waals surface area contributed by atoms with Gasteiger partial charge in [-0.05, 0) is 24.3 Å². The number of carbonyl (C=O) groups is 4. The van der Waals surface area contributed by atoms with E-state index in [0.29, 0.717) is 17.1 Å². The SMILES string of the molecule is COc1ccc(OC)c(C(=O)CN2CC(COC(=O)Cc3ccccc3OC(C)=O)OC2=O)c1. The number of nitrogens with zero attached hydrogens (tertiary/aromatic N) is 1. The molecule has 1 heterocycles. The van der Waals surface area contributed by atoms with Crippen molar-refractivity contribution in [2.45, 2.75) is 19.4 Å². The summed E-state index contributed by atoms with van der Waals surface area (Å²) >= 11 is 0. The molecule has 0 spiro atoms. The molecule has 0 radical (unpaired) electrons. The van der Waals surface area contributed by atoms with E-state index in [1.807, 2.05) is 0 Å². The number of cyclic esters (lactones) is 1. The van der Waals surface area contributed by atoms with Gasteiger partial charge in [0, 0.05) is 12.5 Å². The number of carbonyl (C=O) groups excluding carboxylic acids is 4. The Hall–Kier alpha value is -4.08. The Kier molecular flexibility index (Phi) is 8.07. The van der Waals surface area contributed by atoms with Gasteiger partial charge in [-0.1, -0.05) is 18.2 Å². The van der Waals surface area contributed by atoms with E-state index in [1.165, 1.54) is 32.1 Å². The van der Waals surface area contributed by atoms with E-state index in [9.17, 15) is 19.2 Å². The van der Waals surface area contributed by atoms with E-state index < -0.39 is 24.1 Å². The number of hydrogen-bond acceptors (Lipinski definition) is 9. The molecule has 2 aromatic carbocycles. The first-order valence-electron chi connectivity index (χ1n) is 10.4. The normalized spacial score (nSPS) is 14.9. The zero-order chi connectivity index (χ0) is 24.7. The first kappa shape index (κ1) is 24.6. The monoisotopic (exact) mass is 471 g/mol. The maximum atomic E-state index is 12.8. The van der Waals surface area contributed by atoms with Crippen LogP contribution in [0.2, 0.25) is 0 Å². The van der Waals surface area contributed by atoms with Crippen molar-refractivity contribution in [2.75, 3.05) is 33.9 Å². The lowest BCUT2D eigenvalue weighted by Crippen LogP contribution is -2.32. The molecule has 1 unspecified atom stereocenters. The van der Waals surface area contributed by atoms with Gasteiger partial charge in [0.2, 0.25) is 0 Å². The number of esters is 2. The van der Waals surface area contributed by atoms with E-state index in [4.69, 9.17) is 23.7 Å². The van der Waals surface area contributed by atoms with E-state index in [-0.39, 0.29) is 43.2 Å². The van der Waals surface area contributed by atoms with Crippen LogP contribution in [-0.4, -0.2) is 68.7 Å². The minimum Gasteiger partial charge on any atom is -0.497 e. The molecule has 0 N–H and O–H groups in total. The largest absolute Gasteiger partial charge is 0.497 e. The summed E-state index contributed by atoms with van der Waals surface area (Å²) < 4.78 is 25.9. The molecule has 10 heteroatoms. The van der Waals surface area contributed by atoms with Crippen molar-refractivity contribution in [3.05, 3.63) is 53.6 Å². The topological polar surface area (TPSA) is 118 Å². The van der Waals surface area contributed by atoms with E-state index in [1.54, 1.807) is 36.4 Å². The summed E-state index contributed by atoms with van der Waals surface area (Å²) in [7, 11) is 2.92. The predicted molar refractivity (Wildman–Crippen MR) is 118 cm³/mol. The molecule has 180 valence electrons. The molecule has 0 aromatic heterocycles. The summed E-state index contributed by atoms with van der Waals surface area (Å²) in [5.74, 6) is -0.318. The van der Waals surface area contributed by atoms with Crippen molar-refractivity contribution in [1.29, 1.82) is 0 Å². The number of amides is 1. The van der Waals surface area contributed by atoms with Crippen LogP contribution in [0.1, 0.15) is 22.8 Å². The fourth-order valence-corrected chi connectivity index (χ4v) is 3.38. The van der Waals surface area contributed by atoms with Gasteiger partial charge in [-0.15, -0.1) is 0 Å². The highest BCUT2D eigenvalue weighted by atomic mass is 16.6. The van der Waals surface area contributed by atoms with Crippen LogP contribution >= 0.6 is 0 Å². The molecule has 1 aliphatic heterocycles. The maximum Gasteiger partial charge on any atom is 0.410 e. The summed E-state index contributed by atoms with van der Waals surface area (Å²) in [6.45, 7) is 0.939. The summed E-state index contributed by atoms with van der Waals surface area (Å²) in [6.07, 6.45) is -1.53. The smallest absolute Gasteiger partial charge is 0.410 e. The van der Waals surface area contributed by atoms with Gasteiger partial charge in [0.05, 0.1) is 39.3 Å². The van der Waals surface area contributed by atoms with Crippen LogP contribution < -0.4 is 14.2 Å². The molecule has 10 nitrogen and oxygen atoms in total. The van der Waals surface area contributed by atoms with Crippen LogP contribution in [-0.2, 0) is 25.5 Å². The van der Waals surface area contributed by atoms with Crippen LogP contribution in [0.25, 0.3) is 0 Å². The van der Waals surface area contributed by atoms with E-state index in [2.05, 4.69) is 0 Å². The molecule has 1 amide bonds. The van der Waals surface area contributed by atoms with Crippen LogP contribution in [0.3, 0.4) is 0 Å². The predicted octanol–water partition coefficient (Wildman–Crippen LogP) is 2.42. The van der Waals surface area contributed by atoms with Crippen LogP contribution in [0, 0.1) is 0 Å². The van der Waals surface area contributed by atoms with Crippen molar-refractivity contribution in [3.8, 4) is 17.2 Å². The average molecular weight is 471 g/mol. The molecule has 3 rings (SSSR count). The van der Waals surface area contributed by atoms with Crippen molar-refractivity contribution < 1.29 is 42.9 Å². The number of ether oxygens (including phenoxy) is 5. The summed E-state index contributed by atoms with van der Waals surface area (Å²) in [6, 6.07) is 11.4. The molecular formula is C24H25NO9. The number of rotatable bonds is 10. The fourth-order valence-electron chi connectivity index (χ4n) is 3.38. The molecule has 2 aromatic rings. The van der Waals surface area contributed by atoms with E-state index in [0.717, 1.165) is 0 Å². The quantitative estimate of drug-likeness (QED) is 0.292. The molecule has 1 aliphatic rings. The molecule has 34 heavy (non-hydrogen) atoms. The number of hydrogen-bond donors (Lipinski definition) is 0. The lowest BCUT2D eigenvalue weighted by atomic mass is 10.1. The van der Waals surface area contributed by atoms with Crippen LogP contribution in [0.5, 0.6) is 17.2 Å². The Balaban J connectivity index is 1.54. The number of methoxy groups -OCH3 is 2. The standard InChI is InChI=1S/C24H25NO9/c1-15(26)33-21-7-5-4-6-16(21)10-23(28)32-14-18-12-25(24(29)34-18)13-20(27)19-11-17(30-2)8-9-22(19)31-3/h4-9,11,18H,10,12-14H2,1-3H3. The highest BCUT2D eigenvalue weighted by Gasteiger charge is 2.34. The zero-order valence-corrected chi connectivity index (χ0v) is 19.1. The van der Waals surface area contributed by atoms with Gasteiger partial charge in [-0.2, -0.15) is 0 Å². The molecule has 1 saturated heterocycles. The van der Waals surface area contributed by atoms with Crippen molar-refractivity contribution in [1.82, 2.24) is 4.90 Å². The molecule has 1 fully saturated rings. The van der Waals surface area contributed by atoms with Gasteiger partial charge in [-0.25, -0.2) is 4.79 Å². The highest BCUT2D eigenvalue weighted by Crippen LogP contribution is 2.25. The number of para-hydroxylation sites is 1.